The van der Waals surface area contributed by atoms with Crippen LogP contribution in [0.25, 0.3) is 10.9 Å². The van der Waals surface area contributed by atoms with Crippen LogP contribution < -0.4 is 9.47 Å². The second-order valence-corrected chi connectivity index (χ2v) is 5.27. The molecule has 1 fully saturated rings. The Morgan fingerprint density at radius 1 is 1.23 bits per heavy atom. The first-order chi connectivity index (χ1) is 10.8. The molecule has 0 radical (unpaired) electrons. The maximum Gasteiger partial charge on any atom is 0.163 e. The van der Waals surface area contributed by atoms with E-state index in [1.807, 2.05) is 6.07 Å². The Morgan fingerprint density at radius 2 is 2.09 bits per heavy atom. The van der Waals surface area contributed by atoms with Gasteiger partial charge < -0.3 is 18.9 Å². The highest BCUT2D eigenvalue weighted by atomic mass is 35.5. The number of fused-ring (bicyclic) bond motifs is 1. The first-order valence-corrected chi connectivity index (χ1v) is 7.46. The molecular weight excluding hydrogens is 308 g/mol. The van der Waals surface area contributed by atoms with E-state index in [9.17, 15) is 0 Å². The third kappa shape index (κ3) is 3.40. The van der Waals surface area contributed by atoms with Crippen molar-refractivity contribution in [2.45, 2.75) is 12.5 Å². The fraction of sp³-hybridized carbons (Fsp3) is 0.467. The van der Waals surface area contributed by atoms with Gasteiger partial charge in [0.25, 0.3) is 0 Å². The zero-order valence-corrected chi connectivity index (χ0v) is 13.0. The smallest absolute Gasteiger partial charge is 0.163 e. The molecule has 0 bridgehead atoms. The van der Waals surface area contributed by atoms with Crippen LogP contribution in [0, 0.1) is 0 Å². The summed E-state index contributed by atoms with van der Waals surface area (Å²) in [6, 6.07) is 3.59. The molecule has 22 heavy (non-hydrogen) atoms. The van der Waals surface area contributed by atoms with Crippen molar-refractivity contribution in [3.63, 3.8) is 0 Å². The summed E-state index contributed by atoms with van der Waals surface area (Å²) in [7, 11) is 1.59. The minimum Gasteiger partial charge on any atom is -0.493 e. The minimum absolute atomic E-state index is 0.244. The first-order valence-electron chi connectivity index (χ1n) is 7.08. The van der Waals surface area contributed by atoms with E-state index in [0.29, 0.717) is 43.1 Å². The van der Waals surface area contributed by atoms with Crippen LogP contribution in [0.3, 0.4) is 0 Å². The van der Waals surface area contributed by atoms with Crippen LogP contribution in [0.4, 0.5) is 0 Å². The van der Waals surface area contributed by atoms with Gasteiger partial charge in [0.1, 0.15) is 17.6 Å². The zero-order chi connectivity index (χ0) is 15.4. The van der Waals surface area contributed by atoms with Crippen molar-refractivity contribution in [1.82, 2.24) is 9.97 Å². The number of methoxy groups -OCH3 is 1. The molecule has 2 heterocycles. The summed E-state index contributed by atoms with van der Waals surface area (Å²) < 4.78 is 21.7. The van der Waals surface area contributed by atoms with Gasteiger partial charge in [-0.3, -0.25) is 0 Å². The average molecular weight is 325 g/mol. The number of ether oxygens (including phenoxy) is 4. The highest BCUT2D eigenvalue weighted by molar-refractivity contribution is 6.34. The third-order valence-electron chi connectivity index (χ3n) is 3.38. The first kappa shape index (κ1) is 15.3. The van der Waals surface area contributed by atoms with Crippen LogP contribution in [0.15, 0.2) is 18.5 Å². The highest BCUT2D eigenvalue weighted by Crippen LogP contribution is 2.33. The second kappa shape index (κ2) is 7.09. The van der Waals surface area contributed by atoms with E-state index in [2.05, 4.69) is 9.97 Å². The largest absolute Gasteiger partial charge is 0.493 e. The predicted molar refractivity (Wildman–Crippen MR) is 81.8 cm³/mol. The predicted octanol–water partition coefficient (Wildman–Crippen LogP) is 2.48. The van der Waals surface area contributed by atoms with Crippen molar-refractivity contribution in [2.24, 2.45) is 0 Å². The van der Waals surface area contributed by atoms with Gasteiger partial charge in [-0.15, -0.1) is 0 Å². The fourth-order valence-corrected chi connectivity index (χ4v) is 2.30. The molecule has 0 aliphatic carbocycles. The van der Waals surface area contributed by atoms with E-state index in [0.717, 1.165) is 17.3 Å². The number of rotatable bonds is 7. The molecule has 0 amide bonds. The summed E-state index contributed by atoms with van der Waals surface area (Å²) in [4.78, 5) is 8.15. The molecule has 6 nitrogen and oxygen atoms in total. The lowest BCUT2D eigenvalue weighted by Gasteiger charge is -2.25. The molecule has 118 valence electrons. The SMILES string of the molecule is COc1cc2c(Cl)ncnc2cc1OCCCOC1COC1. The Kier molecular flexibility index (Phi) is 4.92. The van der Waals surface area contributed by atoms with Gasteiger partial charge in [0.05, 0.1) is 39.1 Å². The highest BCUT2D eigenvalue weighted by Gasteiger charge is 2.18. The fourth-order valence-electron chi connectivity index (χ4n) is 2.11. The zero-order valence-electron chi connectivity index (χ0n) is 12.3. The molecule has 0 N–H and O–H groups in total. The lowest BCUT2D eigenvalue weighted by molar-refractivity contribution is -0.130. The molecule has 1 aliphatic rings. The maximum absolute atomic E-state index is 6.06. The van der Waals surface area contributed by atoms with E-state index in [-0.39, 0.29) is 6.10 Å². The van der Waals surface area contributed by atoms with E-state index in [1.54, 1.807) is 13.2 Å². The van der Waals surface area contributed by atoms with Crippen molar-refractivity contribution < 1.29 is 18.9 Å². The van der Waals surface area contributed by atoms with Gasteiger partial charge in [0.15, 0.2) is 11.5 Å². The Labute approximate surface area is 133 Å². The van der Waals surface area contributed by atoms with Crippen LogP contribution in [0.1, 0.15) is 6.42 Å². The quantitative estimate of drug-likeness (QED) is 0.576. The molecule has 1 aliphatic heterocycles. The number of benzene rings is 1. The Balaban J connectivity index is 1.61. The van der Waals surface area contributed by atoms with Gasteiger partial charge in [-0.05, 0) is 6.07 Å². The Morgan fingerprint density at radius 3 is 2.82 bits per heavy atom. The monoisotopic (exact) mass is 324 g/mol. The molecule has 3 rings (SSSR count). The lowest BCUT2D eigenvalue weighted by atomic mass is 10.2. The second-order valence-electron chi connectivity index (χ2n) is 4.92. The molecular formula is C15H17ClN2O4. The van der Waals surface area contributed by atoms with Crippen molar-refractivity contribution in [3.05, 3.63) is 23.6 Å². The van der Waals surface area contributed by atoms with Crippen LogP contribution in [-0.4, -0.2) is 49.6 Å². The molecule has 2 aromatic rings. The molecule has 0 unspecified atom stereocenters. The summed E-state index contributed by atoms with van der Waals surface area (Å²) in [6.07, 6.45) is 2.46. The van der Waals surface area contributed by atoms with E-state index < -0.39 is 0 Å². The summed E-state index contributed by atoms with van der Waals surface area (Å²) >= 11 is 6.06. The number of hydrogen-bond acceptors (Lipinski definition) is 6. The van der Waals surface area contributed by atoms with Gasteiger partial charge >= 0.3 is 0 Å². The number of nitrogens with zero attached hydrogens (tertiary/aromatic N) is 2. The van der Waals surface area contributed by atoms with Crippen LogP contribution in [0.5, 0.6) is 11.5 Å². The molecule has 0 saturated carbocycles. The lowest BCUT2D eigenvalue weighted by Crippen LogP contribution is -2.36. The van der Waals surface area contributed by atoms with E-state index in [1.165, 1.54) is 6.33 Å². The summed E-state index contributed by atoms with van der Waals surface area (Å²) in [5, 5.41) is 1.13. The van der Waals surface area contributed by atoms with E-state index >= 15 is 0 Å². The average Bonchev–Trinajstić information content (AvgIpc) is 2.48. The van der Waals surface area contributed by atoms with Crippen LogP contribution >= 0.6 is 11.6 Å². The standard InChI is InChI=1S/C15H17ClN2O4/c1-19-13-5-11-12(17-9-18-15(11)16)6-14(13)22-4-2-3-21-10-7-20-8-10/h5-6,9-10H,2-4,7-8H2,1H3. The van der Waals surface area contributed by atoms with Gasteiger partial charge in [-0.1, -0.05) is 11.6 Å². The van der Waals surface area contributed by atoms with Crippen molar-refractivity contribution in [1.29, 1.82) is 0 Å². The summed E-state index contributed by atoms with van der Waals surface area (Å²) in [6.45, 7) is 2.58. The minimum atomic E-state index is 0.244. The van der Waals surface area contributed by atoms with Crippen molar-refractivity contribution >= 4 is 22.5 Å². The normalized spacial score (nSPS) is 14.8. The topological polar surface area (TPSA) is 62.7 Å². The molecule has 0 atom stereocenters. The molecule has 1 aromatic heterocycles. The van der Waals surface area contributed by atoms with Gasteiger partial charge in [-0.2, -0.15) is 0 Å². The molecule has 7 heteroatoms. The molecule has 0 spiro atoms. The van der Waals surface area contributed by atoms with E-state index in [4.69, 9.17) is 30.5 Å². The summed E-state index contributed by atoms with van der Waals surface area (Å²) in [5.74, 6) is 1.24. The number of hydrogen-bond donors (Lipinski definition) is 0. The number of halogens is 1. The molecule has 1 saturated heterocycles. The van der Waals surface area contributed by atoms with Gasteiger partial charge in [0, 0.05) is 17.9 Å². The Hall–Kier alpha value is -1.63. The van der Waals surface area contributed by atoms with Gasteiger partial charge in [0.2, 0.25) is 0 Å². The van der Waals surface area contributed by atoms with Crippen LogP contribution in [-0.2, 0) is 9.47 Å². The van der Waals surface area contributed by atoms with Gasteiger partial charge in [-0.25, -0.2) is 9.97 Å². The van der Waals surface area contributed by atoms with Crippen LogP contribution in [0.2, 0.25) is 5.15 Å². The maximum atomic E-state index is 6.06. The molecule has 1 aromatic carbocycles. The summed E-state index contributed by atoms with van der Waals surface area (Å²) in [5.41, 5.74) is 0.721. The Bertz CT molecular complexity index is 649. The number of aromatic nitrogens is 2. The third-order valence-corrected chi connectivity index (χ3v) is 3.68. The van der Waals surface area contributed by atoms with Crippen molar-refractivity contribution in [2.75, 3.05) is 33.5 Å². The van der Waals surface area contributed by atoms with Crippen molar-refractivity contribution in [3.8, 4) is 11.5 Å².